The van der Waals surface area contributed by atoms with Crippen LogP contribution in [0.1, 0.15) is 23.6 Å². The number of hydrogen-bond acceptors (Lipinski definition) is 3. The summed E-state index contributed by atoms with van der Waals surface area (Å²) in [6, 6.07) is 13.6. The molecule has 0 aliphatic heterocycles. The second-order valence-electron chi connectivity index (χ2n) is 6.79. The van der Waals surface area contributed by atoms with Crippen LogP contribution in [0.5, 0.6) is 0 Å². The van der Waals surface area contributed by atoms with Crippen LogP contribution in [0, 0.1) is 0 Å². The molecule has 0 aliphatic carbocycles. The number of rotatable bonds is 8. The molecule has 1 N–H and O–H groups in total. The molecule has 150 valence electrons. The van der Waals surface area contributed by atoms with E-state index in [0.29, 0.717) is 18.5 Å². The number of amides is 1. The lowest BCUT2D eigenvalue weighted by Crippen LogP contribution is -2.45. The summed E-state index contributed by atoms with van der Waals surface area (Å²) in [5, 5.41) is 2.73. The molecule has 2 aromatic rings. The van der Waals surface area contributed by atoms with Crippen LogP contribution in [0.4, 0.5) is 13.2 Å². The fourth-order valence-corrected chi connectivity index (χ4v) is 2.80. The summed E-state index contributed by atoms with van der Waals surface area (Å²) in [5.74, 6) is -0.451. The van der Waals surface area contributed by atoms with Gasteiger partial charge in [0, 0.05) is 6.54 Å². The Morgan fingerprint density at radius 3 is 2.14 bits per heavy atom. The van der Waals surface area contributed by atoms with Crippen LogP contribution in [0.25, 0.3) is 0 Å². The third-order valence-electron chi connectivity index (χ3n) is 4.26. The van der Waals surface area contributed by atoms with Crippen LogP contribution >= 0.6 is 0 Å². The molecule has 1 atom stereocenters. The maximum absolute atomic E-state index is 12.6. The monoisotopic (exact) mass is 392 g/mol. The van der Waals surface area contributed by atoms with Gasteiger partial charge in [0.15, 0.2) is 5.78 Å². The summed E-state index contributed by atoms with van der Waals surface area (Å²) in [6.07, 6.45) is -3.96. The van der Waals surface area contributed by atoms with Gasteiger partial charge in [-0.2, -0.15) is 13.2 Å². The number of Topliss-reactive ketones (excluding diaryl/α,β-unsaturated/α-hetero) is 1. The number of ketones is 1. The number of alkyl halides is 3. The standard InChI is InChI=1S/C21H23F3N2O2/c1-15(27)19(12-16-6-4-3-5-7-16)25-20(28)14-26(2)13-17-8-10-18(11-9-17)21(22,23)24/h3-11,19H,12-14H2,1-2H3,(H,25,28)/t19-/m1/s1. The van der Waals surface area contributed by atoms with Gasteiger partial charge in [-0.1, -0.05) is 42.5 Å². The lowest BCUT2D eigenvalue weighted by Gasteiger charge is -2.20. The number of nitrogens with zero attached hydrogens (tertiary/aromatic N) is 1. The van der Waals surface area contributed by atoms with Crippen molar-refractivity contribution in [2.45, 2.75) is 32.1 Å². The van der Waals surface area contributed by atoms with Gasteiger partial charge in [0.1, 0.15) is 0 Å². The summed E-state index contributed by atoms with van der Waals surface area (Å²) >= 11 is 0. The number of halogens is 3. The largest absolute Gasteiger partial charge is 0.416 e. The second kappa shape index (κ2) is 9.50. The molecule has 2 aromatic carbocycles. The van der Waals surface area contributed by atoms with E-state index < -0.39 is 17.8 Å². The van der Waals surface area contributed by atoms with Crippen molar-refractivity contribution in [2.75, 3.05) is 13.6 Å². The lowest BCUT2D eigenvalue weighted by atomic mass is 10.0. The zero-order valence-corrected chi connectivity index (χ0v) is 15.8. The number of carbonyl (C=O) groups excluding carboxylic acids is 2. The summed E-state index contributed by atoms with van der Waals surface area (Å²) in [5.41, 5.74) is 0.902. The van der Waals surface area contributed by atoms with E-state index in [0.717, 1.165) is 17.7 Å². The number of carbonyl (C=O) groups is 2. The first-order chi connectivity index (χ1) is 13.1. The third-order valence-corrected chi connectivity index (χ3v) is 4.26. The van der Waals surface area contributed by atoms with Gasteiger partial charge >= 0.3 is 6.18 Å². The highest BCUT2D eigenvalue weighted by molar-refractivity contribution is 5.88. The minimum atomic E-state index is -4.37. The van der Waals surface area contributed by atoms with Crippen molar-refractivity contribution in [1.29, 1.82) is 0 Å². The number of nitrogens with one attached hydrogen (secondary N) is 1. The van der Waals surface area contributed by atoms with Crippen LogP contribution in [-0.4, -0.2) is 36.2 Å². The van der Waals surface area contributed by atoms with Crippen molar-refractivity contribution in [1.82, 2.24) is 10.2 Å². The average Bonchev–Trinajstić information content (AvgIpc) is 2.61. The van der Waals surface area contributed by atoms with E-state index >= 15 is 0 Å². The number of likely N-dealkylation sites (N-methyl/N-ethyl adjacent to an activating group) is 1. The summed E-state index contributed by atoms with van der Waals surface area (Å²) in [6.45, 7) is 1.77. The quantitative estimate of drug-likeness (QED) is 0.749. The predicted molar refractivity (Wildman–Crippen MR) is 101 cm³/mol. The van der Waals surface area contributed by atoms with E-state index in [4.69, 9.17) is 0 Å². The van der Waals surface area contributed by atoms with Crippen LogP contribution in [0.2, 0.25) is 0 Å². The van der Waals surface area contributed by atoms with Gasteiger partial charge in [0.05, 0.1) is 18.2 Å². The smallest absolute Gasteiger partial charge is 0.345 e. The number of hydrogen-bond donors (Lipinski definition) is 1. The van der Waals surface area contributed by atoms with Crippen LogP contribution in [-0.2, 0) is 28.7 Å². The van der Waals surface area contributed by atoms with Gasteiger partial charge in [-0.25, -0.2) is 0 Å². The van der Waals surface area contributed by atoms with Crippen molar-refractivity contribution >= 4 is 11.7 Å². The van der Waals surface area contributed by atoms with Crippen molar-refractivity contribution in [3.8, 4) is 0 Å². The van der Waals surface area contributed by atoms with Gasteiger partial charge in [-0.05, 0) is 43.7 Å². The van der Waals surface area contributed by atoms with Crippen molar-refractivity contribution < 1.29 is 22.8 Å². The summed E-state index contributed by atoms with van der Waals surface area (Å²) in [4.78, 5) is 25.8. The van der Waals surface area contributed by atoms with Crippen molar-refractivity contribution in [3.63, 3.8) is 0 Å². The Kier molecular flexibility index (Phi) is 7.34. The minimum Gasteiger partial charge on any atom is -0.345 e. The Morgan fingerprint density at radius 1 is 1.00 bits per heavy atom. The van der Waals surface area contributed by atoms with Crippen molar-refractivity contribution in [2.24, 2.45) is 0 Å². The molecule has 28 heavy (non-hydrogen) atoms. The van der Waals surface area contributed by atoms with Gasteiger partial charge in [0.2, 0.25) is 5.91 Å². The van der Waals surface area contributed by atoms with Gasteiger partial charge in [0.25, 0.3) is 0 Å². The Bertz CT molecular complexity index is 790. The zero-order valence-electron chi connectivity index (χ0n) is 15.8. The van der Waals surface area contributed by atoms with E-state index in [-0.39, 0.29) is 18.2 Å². The molecule has 4 nitrogen and oxygen atoms in total. The van der Waals surface area contributed by atoms with E-state index in [1.807, 2.05) is 30.3 Å². The Balaban J connectivity index is 1.89. The summed E-state index contributed by atoms with van der Waals surface area (Å²) in [7, 11) is 1.69. The fourth-order valence-electron chi connectivity index (χ4n) is 2.80. The predicted octanol–water partition coefficient (Wildman–Crippen LogP) is 3.45. The molecule has 0 aromatic heterocycles. The Hall–Kier alpha value is -2.67. The molecule has 1 amide bonds. The van der Waals surface area contributed by atoms with E-state index in [2.05, 4.69) is 5.32 Å². The lowest BCUT2D eigenvalue weighted by molar-refractivity contribution is -0.137. The molecule has 0 fully saturated rings. The van der Waals surface area contributed by atoms with E-state index in [1.165, 1.54) is 19.1 Å². The maximum atomic E-state index is 12.6. The molecule has 0 aliphatic rings. The van der Waals surface area contributed by atoms with Crippen molar-refractivity contribution in [3.05, 3.63) is 71.3 Å². The first kappa shape index (κ1) is 21.6. The zero-order chi connectivity index (χ0) is 20.7. The molecule has 0 spiro atoms. The molecule has 7 heteroatoms. The van der Waals surface area contributed by atoms with Crippen LogP contribution < -0.4 is 5.32 Å². The van der Waals surface area contributed by atoms with E-state index in [9.17, 15) is 22.8 Å². The first-order valence-corrected chi connectivity index (χ1v) is 8.83. The third kappa shape index (κ3) is 6.81. The van der Waals surface area contributed by atoms with Gasteiger partial charge in [-0.3, -0.25) is 14.5 Å². The molecule has 0 heterocycles. The van der Waals surface area contributed by atoms with Crippen LogP contribution in [0.3, 0.4) is 0 Å². The highest BCUT2D eigenvalue weighted by Gasteiger charge is 2.30. The van der Waals surface area contributed by atoms with Crippen LogP contribution in [0.15, 0.2) is 54.6 Å². The number of benzene rings is 2. The molecular formula is C21H23F3N2O2. The highest BCUT2D eigenvalue weighted by atomic mass is 19.4. The molecular weight excluding hydrogens is 369 g/mol. The topological polar surface area (TPSA) is 49.4 Å². The minimum absolute atomic E-state index is 0.0274. The molecule has 0 saturated heterocycles. The van der Waals surface area contributed by atoms with E-state index in [1.54, 1.807) is 11.9 Å². The van der Waals surface area contributed by atoms with Gasteiger partial charge in [-0.15, -0.1) is 0 Å². The molecule has 2 rings (SSSR count). The second-order valence-corrected chi connectivity index (χ2v) is 6.79. The molecule has 0 unspecified atom stereocenters. The van der Waals surface area contributed by atoms with Gasteiger partial charge < -0.3 is 5.32 Å². The normalized spacial score (nSPS) is 12.6. The Labute approximate surface area is 162 Å². The first-order valence-electron chi connectivity index (χ1n) is 8.83. The Morgan fingerprint density at radius 2 is 1.61 bits per heavy atom. The SMILES string of the molecule is CC(=O)[C@@H](Cc1ccccc1)NC(=O)CN(C)Cc1ccc(C(F)(F)F)cc1. The summed E-state index contributed by atoms with van der Waals surface area (Å²) < 4.78 is 37.8. The molecule has 0 bridgehead atoms. The molecule has 0 radical (unpaired) electrons. The maximum Gasteiger partial charge on any atom is 0.416 e. The average molecular weight is 392 g/mol. The fraction of sp³-hybridized carbons (Fsp3) is 0.333. The highest BCUT2D eigenvalue weighted by Crippen LogP contribution is 2.29. The molecule has 0 saturated carbocycles.